The molecule has 112 valence electrons. The molecule has 0 fully saturated rings. The fraction of sp³-hybridized carbons (Fsp3) is 0.214. The van der Waals surface area contributed by atoms with E-state index in [0.29, 0.717) is 15.7 Å². The predicted octanol–water partition coefficient (Wildman–Crippen LogP) is 4.72. The molecule has 0 aliphatic carbocycles. The van der Waals surface area contributed by atoms with E-state index in [1.807, 2.05) is 0 Å². The van der Waals surface area contributed by atoms with Crippen molar-refractivity contribution in [3.8, 4) is 0 Å². The third-order valence-electron chi connectivity index (χ3n) is 2.98. The van der Waals surface area contributed by atoms with Crippen molar-refractivity contribution in [2.45, 2.75) is 12.2 Å². The predicted molar refractivity (Wildman–Crippen MR) is 76.6 cm³/mol. The maximum Gasteiger partial charge on any atom is 0.417 e. The van der Waals surface area contributed by atoms with Crippen molar-refractivity contribution >= 4 is 23.2 Å². The Bertz CT molecular complexity index is 627. The Hall–Kier alpha value is -1.30. The Balaban J connectivity index is 2.35. The van der Waals surface area contributed by atoms with E-state index in [-0.39, 0.29) is 6.04 Å². The smallest absolute Gasteiger partial charge is 0.308 e. The van der Waals surface area contributed by atoms with E-state index in [0.717, 1.165) is 17.8 Å². The summed E-state index contributed by atoms with van der Waals surface area (Å²) >= 11 is 11.8. The number of nitrogens with one attached hydrogen (secondary N) is 1. The van der Waals surface area contributed by atoms with Crippen LogP contribution in [0.4, 0.5) is 13.2 Å². The van der Waals surface area contributed by atoms with E-state index < -0.39 is 11.7 Å². The third kappa shape index (κ3) is 3.67. The summed E-state index contributed by atoms with van der Waals surface area (Å²) in [5.41, 5.74) is 0.443. The summed E-state index contributed by atoms with van der Waals surface area (Å²) < 4.78 is 37.6. The molecule has 1 heterocycles. The van der Waals surface area contributed by atoms with Gasteiger partial charge in [-0.2, -0.15) is 13.2 Å². The maximum absolute atomic E-state index is 12.5. The van der Waals surface area contributed by atoms with Crippen molar-refractivity contribution in [1.29, 1.82) is 0 Å². The van der Waals surface area contributed by atoms with Crippen molar-refractivity contribution in [2.24, 2.45) is 0 Å². The number of halogens is 5. The number of pyridine rings is 1. The van der Waals surface area contributed by atoms with Gasteiger partial charge in [-0.05, 0) is 36.9 Å². The highest BCUT2D eigenvalue weighted by molar-refractivity contribution is 6.42. The molecule has 21 heavy (non-hydrogen) atoms. The molecule has 1 aromatic carbocycles. The Kier molecular flexibility index (Phi) is 4.76. The molecule has 0 aliphatic rings. The van der Waals surface area contributed by atoms with Gasteiger partial charge >= 0.3 is 6.18 Å². The first-order valence-electron chi connectivity index (χ1n) is 5.98. The van der Waals surface area contributed by atoms with Gasteiger partial charge in [0.15, 0.2) is 0 Å². The van der Waals surface area contributed by atoms with Crippen LogP contribution in [0, 0.1) is 0 Å². The molecule has 2 aromatic rings. The molecular formula is C14H11Cl2F3N2. The molecule has 0 spiro atoms. The number of benzene rings is 1. The number of aromatic nitrogens is 1. The molecule has 2 nitrogen and oxygen atoms in total. The second kappa shape index (κ2) is 6.22. The van der Waals surface area contributed by atoms with Gasteiger partial charge in [0.25, 0.3) is 0 Å². The summed E-state index contributed by atoms with van der Waals surface area (Å²) in [6.45, 7) is 0. The standard InChI is InChI=1S/C14H11Cl2F3N2/c1-20-13(8-2-4-10(15)11(16)6-8)12-5-3-9(7-21-12)14(17,18)19/h2-7,13,20H,1H3. The fourth-order valence-corrected chi connectivity index (χ4v) is 2.23. The molecule has 0 aliphatic heterocycles. The molecule has 1 N–H and O–H groups in total. The summed E-state index contributed by atoms with van der Waals surface area (Å²) in [6.07, 6.45) is -3.58. The molecular weight excluding hydrogens is 324 g/mol. The average molecular weight is 335 g/mol. The molecule has 1 atom stereocenters. The highest BCUT2D eigenvalue weighted by atomic mass is 35.5. The fourth-order valence-electron chi connectivity index (χ4n) is 1.92. The van der Waals surface area contributed by atoms with Gasteiger partial charge in [0, 0.05) is 6.20 Å². The minimum Gasteiger partial charge on any atom is -0.308 e. The van der Waals surface area contributed by atoms with Crippen LogP contribution in [0.15, 0.2) is 36.5 Å². The van der Waals surface area contributed by atoms with Crippen molar-refractivity contribution < 1.29 is 13.2 Å². The summed E-state index contributed by atoms with van der Waals surface area (Å²) in [7, 11) is 1.69. The molecule has 1 unspecified atom stereocenters. The minimum absolute atomic E-state index is 0.373. The first-order valence-corrected chi connectivity index (χ1v) is 6.74. The molecule has 0 radical (unpaired) electrons. The van der Waals surface area contributed by atoms with Crippen LogP contribution >= 0.6 is 23.2 Å². The van der Waals surface area contributed by atoms with Gasteiger partial charge in [-0.1, -0.05) is 29.3 Å². The lowest BCUT2D eigenvalue weighted by Crippen LogP contribution is -2.19. The Morgan fingerprint density at radius 2 is 1.81 bits per heavy atom. The molecule has 0 saturated heterocycles. The SMILES string of the molecule is CNC(c1ccc(Cl)c(Cl)c1)c1ccc(C(F)(F)F)cn1. The normalized spacial score (nSPS) is 13.2. The number of alkyl halides is 3. The van der Waals surface area contributed by atoms with Crippen LogP contribution in [0.2, 0.25) is 10.0 Å². The largest absolute Gasteiger partial charge is 0.417 e. The van der Waals surface area contributed by atoms with Gasteiger partial charge in [-0.25, -0.2) is 0 Å². The monoisotopic (exact) mass is 334 g/mol. The summed E-state index contributed by atoms with van der Waals surface area (Å²) in [6, 6.07) is 7.01. The number of nitrogens with zero attached hydrogens (tertiary/aromatic N) is 1. The molecule has 1 aromatic heterocycles. The average Bonchev–Trinajstić information content (AvgIpc) is 2.43. The van der Waals surface area contributed by atoms with Gasteiger partial charge in [-0.15, -0.1) is 0 Å². The Labute approximate surface area is 129 Å². The van der Waals surface area contributed by atoms with Gasteiger partial charge < -0.3 is 5.32 Å². The summed E-state index contributed by atoms with van der Waals surface area (Å²) in [5, 5.41) is 3.78. The Morgan fingerprint density at radius 3 is 2.29 bits per heavy atom. The first-order chi connectivity index (χ1) is 9.82. The molecule has 7 heteroatoms. The van der Waals surface area contributed by atoms with Gasteiger partial charge in [0.05, 0.1) is 27.3 Å². The lowest BCUT2D eigenvalue weighted by Gasteiger charge is -2.17. The van der Waals surface area contributed by atoms with E-state index in [1.54, 1.807) is 25.2 Å². The van der Waals surface area contributed by atoms with Crippen LogP contribution in [0.25, 0.3) is 0 Å². The van der Waals surface area contributed by atoms with Crippen LogP contribution in [-0.4, -0.2) is 12.0 Å². The van der Waals surface area contributed by atoms with Crippen LogP contribution in [0.1, 0.15) is 22.9 Å². The zero-order chi connectivity index (χ0) is 15.6. The van der Waals surface area contributed by atoms with E-state index in [9.17, 15) is 13.2 Å². The summed E-state index contributed by atoms with van der Waals surface area (Å²) in [5.74, 6) is 0. The number of hydrogen-bond acceptors (Lipinski definition) is 2. The highest BCUT2D eigenvalue weighted by Gasteiger charge is 2.31. The van der Waals surface area contributed by atoms with Gasteiger partial charge in [0.1, 0.15) is 0 Å². The lowest BCUT2D eigenvalue weighted by molar-refractivity contribution is -0.137. The number of hydrogen-bond donors (Lipinski definition) is 1. The molecule has 0 bridgehead atoms. The molecule has 2 rings (SSSR count). The zero-order valence-electron chi connectivity index (χ0n) is 10.9. The topological polar surface area (TPSA) is 24.9 Å². The van der Waals surface area contributed by atoms with Gasteiger partial charge in [0.2, 0.25) is 0 Å². The van der Waals surface area contributed by atoms with Crippen LogP contribution < -0.4 is 5.32 Å². The minimum atomic E-state index is -4.40. The second-order valence-electron chi connectivity index (χ2n) is 4.36. The molecule has 0 saturated carbocycles. The van der Waals surface area contributed by atoms with Crippen LogP contribution in [0.3, 0.4) is 0 Å². The molecule has 0 amide bonds. The maximum atomic E-state index is 12.5. The lowest BCUT2D eigenvalue weighted by atomic mass is 10.0. The van der Waals surface area contributed by atoms with Crippen molar-refractivity contribution in [3.63, 3.8) is 0 Å². The third-order valence-corrected chi connectivity index (χ3v) is 3.71. The van der Waals surface area contributed by atoms with E-state index in [1.165, 1.54) is 6.07 Å². The van der Waals surface area contributed by atoms with Crippen LogP contribution in [-0.2, 0) is 6.18 Å². The zero-order valence-corrected chi connectivity index (χ0v) is 12.4. The second-order valence-corrected chi connectivity index (χ2v) is 5.18. The van der Waals surface area contributed by atoms with E-state index >= 15 is 0 Å². The van der Waals surface area contributed by atoms with Crippen LogP contribution in [0.5, 0.6) is 0 Å². The first kappa shape index (κ1) is 16.1. The highest BCUT2D eigenvalue weighted by Crippen LogP contribution is 2.31. The van der Waals surface area contributed by atoms with E-state index in [2.05, 4.69) is 10.3 Å². The van der Waals surface area contributed by atoms with Crippen molar-refractivity contribution in [1.82, 2.24) is 10.3 Å². The van der Waals surface area contributed by atoms with Crippen molar-refractivity contribution in [2.75, 3.05) is 7.05 Å². The van der Waals surface area contributed by atoms with E-state index in [4.69, 9.17) is 23.2 Å². The van der Waals surface area contributed by atoms with Crippen molar-refractivity contribution in [3.05, 3.63) is 63.4 Å². The summed E-state index contributed by atoms with van der Waals surface area (Å²) in [4.78, 5) is 3.89. The van der Waals surface area contributed by atoms with Gasteiger partial charge in [-0.3, -0.25) is 4.98 Å². The number of rotatable bonds is 3. The quantitative estimate of drug-likeness (QED) is 0.878. The Morgan fingerprint density at radius 1 is 1.10 bits per heavy atom.